The number of nitrogens with two attached hydrogens (primary N) is 2. The van der Waals surface area contributed by atoms with Crippen molar-refractivity contribution in [1.29, 1.82) is 0 Å². The molecule has 6 heteroatoms. The van der Waals surface area contributed by atoms with Crippen molar-refractivity contribution in [1.82, 2.24) is 4.90 Å². The molecule has 3 unspecified atom stereocenters. The molecule has 2 aliphatic heterocycles. The van der Waals surface area contributed by atoms with Gasteiger partial charge in [-0.3, -0.25) is 9.59 Å². The summed E-state index contributed by atoms with van der Waals surface area (Å²) in [7, 11) is 0. The zero-order valence-corrected chi connectivity index (χ0v) is 17.5. The molecule has 0 bridgehead atoms. The highest BCUT2D eigenvalue weighted by Crippen LogP contribution is 2.43. The zero-order valence-electron chi connectivity index (χ0n) is 17.5. The van der Waals surface area contributed by atoms with Crippen LogP contribution < -0.4 is 11.5 Å². The minimum Gasteiger partial charge on any atom is -0.372 e. The number of primary amides is 1. The molecule has 2 aromatic rings. The second-order valence-corrected chi connectivity index (χ2v) is 7.78. The lowest BCUT2D eigenvalue weighted by atomic mass is 9.92. The van der Waals surface area contributed by atoms with Crippen LogP contribution in [0.15, 0.2) is 48.5 Å². The summed E-state index contributed by atoms with van der Waals surface area (Å²) >= 11 is 0. The molecule has 6 nitrogen and oxygen atoms in total. The molecule has 0 spiro atoms. The van der Waals surface area contributed by atoms with Crippen LogP contribution in [-0.4, -0.2) is 29.9 Å². The molecule has 2 heterocycles. The van der Waals surface area contributed by atoms with Crippen LogP contribution in [0.5, 0.6) is 0 Å². The number of benzene rings is 2. The minimum atomic E-state index is -0.434. The summed E-state index contributed by atoms with van der Waals surface area (Å²) in [5, 5.41) is 0. The molecule has 0 aromatic heterocycles. The van der Waals surface area contributed by atoms with E-state index in [0.717, 1.165) is 5.56 Å². The number of rotatable bonds is 0. The summed E-state index contributed by atoms with van der Waals surface area (Å²) < 4.78 is 5.79. The van der Waals surface area contributed by atoms with Gasteiger partial charge < -0.3 is 21.1 Å². The maximum absolute atomic E-state index is 12.2. The molecular weight excluding hydrogens is 378 g/mol. The van der Waals surface area contributed by atoms with Crippen molar-refractivity contribution < 1.29 is 14.3 Å². The van der Waals surface area contributed by atoms with Crippen molar-refractivity contribution in [2.45, 2.75) is 57.3 Å². The highest BCUT2D eigenvalue weighted by Gasteiger charge is 2.42. The number of carbonyl (C=O) groups is 2. The summed E-state index contributed by atoms with van der Waals surface area (Å²) in [5.41, 5.74) is 15.4. The molecule has 160 valence electrons. The van der Waals surface area contributed by atoms with Gasteiger partial charge in [-0.05, 0) is 55.7 Å². The van der Waals surface area contributed by atoms with Crippen molar-refractivity contribution in [3.63, 3.8) is 0 Å². The molecule has 2 amide bonds. The third kappa shape index (κ3) is 4.71. The third-order valence-electron chi connectivity index (χ3n) is 5.92. The van der Waals surface area contributed by atoms with E-state index in [1.165, 1.54) is 31.2 Å². The predicted molar refractivity (Wildman–Crippen MR) is 116 cm³/mol. The van der Waals surface area contributed by atoms with Crippen LogP contribution in [0.2, 0.25) is 0 Å². The highest BCUT2D eigenvalue weighted by molar-refractivity contribution is 5.83. The quantitative estimate of drug-likeness (QED) is 0.654. The first-order chi connectivity index (χ1) is 14.6. The van der Waals surface area contributed by atoms with Crippen LogP contribution >= 0.6 is 0 Å². The van der Waals surface area contributed by atoms with E-state index >= 15 is 0 Å². The van der Waals surface area contributed by atoms with E-state index in [9.17, 15) is 4.79 Å². The largest absolute Gasteiger partial charge is 0.372 e. The van der Waals surface area contributed by atoms with Crippen molar-refractivity contribution in [3.05, 3.63) is 70.8 Å². The molecule has 2 aromatic carbocycles. The van der Waals surface area contributed by atoms with Crippen LogP contribution in [0.25, 0.3) is 0 Å². The Labute approximate surface area is 178 Å². The van der Waals surface area contributed by atoms with Gasteiger partial charge in [0.25, 0.3) is 0 Å². The van der Waals surface area contributed by atoms with Gasteiger partial charge in [-0.1, -0.05) is 48.5 Å². The van der Waals surface area contributed by atoms with Crippen LogP contribution in [0.1, 0.15) is 60.7 Å². The summed E-state index contributed by atoms with van der Waals surface area (Å²) in [6, 6.07) is 16.5. The third-order valence-corrected chi connectivity index (χ3v) is 5.92. The molecular formula is C24H31N3O3. The number of fused-ring (bicyclic) bond motifs is 4. The first-order valence-electron chi connectivity index (χ1n) is 10.6. The Balaban J connectivity index is 0.000000167. The number of carbonyl (C=O) groups excluding carboxylic acids is 2. The standard InChI is InChI=1S/C13H16N2O2.C10H12.CH3NO/c1-8-9-4-2-3-5-10(9)13-15(8)12(16)11(14)6-7-17-13;1-2-6-10-8-4-3-7-9(10)5-1;2-1-3/h2-5,8,11,13H,6-7,14H2,1H3;1-2,5-6H,3-4,7-8H2;1H,(H2,2,3). The van der Waals surface area contributed by atoms with Gasteiger partial charge in [-0.25, -0.2) is 0 Å². The lowest BCUT2D eigenvalue weighted by Gasteiger charge is -2.27. The van der Waals surface area contributed by atoms with E-state index in [2.05, 4.69) is 36.1 Å². The first kappa shape index (κ1) is 22.0. The summed E-state index contributed by atoms with van der Waals surface area (Å²) in [4.78, 5) is 22.6. The average Bonchev–Trinajstić information content (AvgIpc) is 2.96. The van der Waals surface area contributed by atoms with E-state index < -0.39 is 6.04 Å². The van der Waals surface area contributed by atoms with Crippen molar-refractivity contribution in [2.75, 3.05) is 6.61 Å². The van der Waals surface area contributed by atoms with Crippen LogP contribution in [0, 0.1) is 0 Å². The van der Waals surface area contributed by atoms with Gasteiger partial charge in [-0.15, -0.1) is 0 Å². The molecule has 5 rings (SSSR count). The molecule has 3 atom stereocenters. The van der Waals surface area contributed by atoms with E-state index in [-0.39, 0.29) is 24.6 Å². The normalized spacial score (nSPS) is 24.0. The topological polar surface area (TPSA) is 98.7 Å². The fraction of sp³-hybridized carbons (Fsp3) is 0.417. The van der Waals surface area contributed by atoms with E-state index in [4.69, 9.17) is 15.3 Å². The molecule has 1 saturated heterocycles. The highest BCUT2D eigenvalue weighted by atomic mass is 16.5. The smallest absolute Gasteiger partial charge is 0.242 e. The number of ether oxygens (including phenoxy) is 1. The number of aryl methyl sites for hydroxylation is 2. The first-order valence-corrected chi connectivity index (χ1v) is 10.6. The Kier molecular flexibility index (Phi) is 7.60. The zero-order chi connectivity index (χ0) is 21.5. The monoisotopic (exact) mass is 409 g/mol. The molecule has 1 fully saturated rings. The molecule has 3 aliphatic rings. The van der Waals surface area contributed by atoms with Gasteiger partial charge in [0, 0.05) is 5.56 Å². The van der Waals surface area contributed by atoms with Crippen LogP contribution in [-0.2, 0) is 27.2 Å². The number of amides is 2. The van der Waals surface area contributed by atoms with Gasteiger partial charge in [0.1, 0.15) is 0 Å². The summed E-state index contributed by atoms with van der Waals surface area (Å²) in [5.74, 6) is -0.00352. The van der Waals surface area contributed by atoms with E-state index in [1.54, 1.807) is 16.0 Å². The van der Waals surface area contributed by atoms with Gasteiger partial charge in [0.05, 0.1) is 18.7 Å². The van der Waals surface area contributed by atoms with Gasteiger partial charge in [0.2, 0.25) is 12.3 Å². The van der Waals surface area contributed by atoms with E-state index in [1.807, 2.05) is 25.1 Å². The Bertz CT molecular complexity index is 845. The molecule has 30 heavy (non-hydrogen) atoms. The van der Waals surface area contributed by atoms with Crippen molar-refractivity contribution >= 4 is 12.3 Å². The molecule has 4 N–H and O–H groups in total. The van der Waals surface area contributed by atoms with Gasteiger partial charge in [0.15, 0.2) is 6.23 Å². The Morgan fingerprint density at radius 1 is 1.00 bits per heavy atom. The fourth-order valence-corrected chi connectivity index (χ4v) is 4.39. The number of nitrogens with zero attached hydrogens (tertiary/aromatic N) is 1. The molecule has 0 saturated carbocycles. The predicted octanol–water partition coefficient (Wildman–Crippen LogP) is 3.00. The maximum Gasteiger partial charge on any atom is 0.242 e. The second-order valence-electron chi connectivity index (χ2n) is 7.78. The SMILES string of the molecule is CC1c2ccccc2C2OCCC(N)C(=O)N12.NC=O.c1ccc2c(c1)CCCC2. The molecule has 1 aliphatic carbocycles. The molecule has 0 radical (unpaired) electrons. The number of hydrogen-bond donors (Lipinski definition) is 2. The Morgan fingerprint density at radius 2 is 1.53 bits per heavy atom. The fourth-order valence-electron chi connectivity index (χ4n) is 4.39. The van der Waals surface area contributed by atoms with Gasteiger partial charge >= 0.3 is 0 Å². The Morgan fingerprint density at radius 3 is 2.13 bits per heavy atom. The summed E-state index contributed by atoms with van der Waals surface area (Å²) in [6.45, 7) is 2.56. The van der Waals surface area contributed by atoms with Crippen LogP contribution in [0.3, 0.4) is 0 Å². The lowest BCUT2D eigenvalue weighted by Crippen LogP contribution is -2.42. The van der Waals surface area contributed by atoms with Crippen molar-refractivity contribution in [2.24, 2.45) is 11.5 Å². The lowest BCUT2D eigenvalue weighted by molar-refractivity contribution is -0.144. The maximum atomic E-state index is 12.2. The average molecular weight is 410 g/mol. The van der Waals surface area contributed by atoms with Gasteiger partial charge in [-0.2, -0.15) is 0 Å². The summed E-state index contributed by atoms with van der Waals surface area (Å²) in [6.07, 6.45) is 5.98. The van der Waals surface area contributed by atoms with Crippen molar-refractivity contribution in [3.8, 4) is 0 Å². The second kappa shape index (κ2) is 10.4. The van der Waals surface area contributed by atoms with Crippen LogP contribution in [0.4, 0.5) is 0 Å². The minimum absolute atomic E-state index is 0.00352. The number of hydrogen-bond acceptors (Lipinski definition) is 4. The van der Waals surface area contributed by atoms with E-state index in [0.29, 0.717) is 13.0 Å². The Hall–Kier alpha value is -2.70.